The molecular formula is C11H17BrN2O2. The van der Waals surface area contributed by atoms with Gasteiger partial charge < -0.3 is 9.72 Å². The maximum absolute atomic E-state index is 11.6. The topological polar surface area (TPSA) is 55.0 Å². The van der Waals surface area contributed by atoms with E-state index in [1.54, 1.807) is 0 Å². The van der Waals surface area contributed by atoms with Gasteiger partial charge in [-0.15, -0.1) is 0 Å². The predicted molar refractivity (Wildman–Crippen MR) is 66.8 cm³/mol. The van der Waals surface area contributed by atoms with Gasteiger partial charge in [0.15, 0.2) is 0 Å². The molecule has 0 aliphatic carbocycles. The Kier molecular flexibility index (Phi) is 5.15. The first kappa shape index (κ1) is 13.4. The van der Waals surface area contributed by atoms with E-state index in [-0.39, 0.29) is 11.5 Å². The highest BCUT2D eigenvalue weighted by atomic mass is 79.9. The summed E-state index contributed by atoms with van der Waals surface area (Å²) in [5.74, 6) is 0.910. The Hall–Kier alpha value is -0.680. The van der Waals surface area contributed by atoms with E-state index >= 15 is 0 Å². The van der Waals surface area contributed by atoms with Gasteiger partial charge in [-0.2, -0.15) is 0 Å². The normalized spacial score (nSPS) is 11.1. The van der Waals surface area contributed by atoms with Gasteiger partial charge in [-0.05, 0) is 28.8 Å². The van der Waals surface area contributed by atoms with Crippen molar-refractivity contribution in [2.24, 2.45) is 0 Å². The van der Waals surface area contributed by atoms with Crippen molar-refractivity contribution in [3.8, 4) is 0 Å². The zero-order valence-electron chi connectivity index (χ0n) is 9.84. The average Bonchev–Trinajstić information content (AvgIpc) is 2.23. The van der Waals surface area contributed by atoms with Gasteiger partial charge >= 0.3 is 0 Å². The molecule has 4 nitrogen and oxygen atoms in total. The van der Waals surface area contributed by atoms with Crippen LogP contribution in [0.5, 0.6) is 0 Å². The molecule has 1 rings (SSSR count). The van der Waals surface area contributed by atoms with E-state index < -0.39 is 0 Å². The second-order valence-corrected chi connectivity index (χ2v) is 4.61. The molecule has 90 valence electrons. The molecule has 16 heavy (non-hydrogen) atoms. The number of halogens is 1. The summed E-state index contributed by atoms with van der Waals surface area (Å²) < 4.78 is 5.76. The molecule has 5 heteroatoms. The zero-order chi connectivity index (χ0) is 12.1. The van der Waals surface area contributed by atoms with Crippen LogP contribution in [0.4, 0.5) is 0 Å². The standard InChI is InChI=1S/C11H17BrN2O2/c1-4-16-6-5-8-13-10(7(2)3)9(12)11(15)14-8/h7H,4-6H2,1-3H3,(H,13,14,15). The molecule has 0 saturated carbocycles. The van der Waals surface area contributed by atoms with E-state index in [2.05, 4.69) is 25.9 Å². The van der Waals surface area contributed by atoms with Crippen molar-refractivity contribution in [3.05, 3.63) is 26.3 Å². The molecule has 0 saturated heterocycles. The van der Waals surface area contributed by atoms with Crippen molar-refractivity contribution in [2.45, 2.75) is 33.1 Å². The highest BCUT2D eigenvalue weighted by Crippen LogP contribution is 2.18. The number of aromatic amines is 1. The molecule has 1 N–H and O–H groups in total. The summed E-state index contributed by atoms with van der Waals surface area (Å²) in [5, 5.41) is 0. The van der Waals surface area contributed by atoms with Crippen LogP contribution in [-0.4, -0.2) is 23.2 Å². The smallest absolute Gasteiger partial charge is 0.265 e. The lowest BCUT2D eigenvalue weighted by Crippen LogP contribution is -2.17. The summed E-state index contributed by atoms with van der Waals surface area (Å²) in [5.41, 5.74) is 0.681. The molecule has 0 aliphatic rings. The number of hydrogen-bond donors (Lipinski definition) is 1. The van der Waals surface area contributed by atoms with Crippen LogP contribution in [0.3, 0.4) is 0 Å². The van der Waals surface area contributed by atoms with Crippen molar-refractivity contribution in [2.75, 3.05) is 13.2 Å². The summed E-state index contributed by atoms with van der Waals surface area (Å²) in [6.07, 6.45) is 0.635. The van der Waals surface area contributed by atoms with E-state index in [0.29, 0.717) is 29.9 Å². The van der Waals surface area contributed by atoms with Crippen molar-refractivity contribution in [1.29, 1.82) is 0 Å². The minimum Gasteiger partial charge on any atom is -0.381 e. The Morgan fingerprint density at radius 1 is 1.50 bits per heavy atom. The molecule has 0 spiro atoms. The minimum absolute atomic E-state index is 0.120. The Morgan fingerprint density at radius 3 is 2.75 bits per heavy atom. The van der Waals surface area contributed by atoms with Gasteiger partial charge in [0.1, 0.15) is 10.3 Å². The first-order chi connectivity index (χ1) is 7.56. The summed E-state index contributed by atoms with van der Waals surface area (Å²) in [7, 11) is 0. The Bertz CT molecular complexity index is 401. The predicted octanol–water partition coefficient (Wildman–Crippen LogP) is 2.23. The van der Waals surface area contributed by atoms with Crippen LogP contribution < -0.4 is 5.56 Å². The molecule has 0 radical (unpaired) electrons. The lowest BCUT2D eigenvalue weighted by Gasteiger charge is -2.09. The van der Waals surface area contributed by atoms with E-state index in [9.17, 15) is 4.79 Å². The van der Waals surface area contributed by atoms with Crippen LogP contribution >= 0.6 is 15.9 Å². The van der Waals surface area contributed by atoms with Crippen LogP contribution in [0.15, 0.2) is 9.27 Å². The van der Waals surface area contributed by atoms with Crippen LogP contribution in [-0.2, 0) is 11.2 Å². The third kappa shape index (κ3) is 3.42. The molecular weight excluding hydrogens is 272 g/mol. The fourth-order valence-corrected chi connectivity index (χ4v) is 1.98. The van der Waals surface area contributed by atoms with Gasteiger partial charge in [0, 0.05) is 13.0 Å². The molecule has 1 aromatic rings. The fraction of sp³-hybridized carbons (Fsp3) is 0.636. The Morgan fingerprint density at radius 2 is 2.19 bits per heavy atom. The highest BCUT2D eigenvalue weighted by molar-refractivity contribution is 9.10. The Labute approximate surface area is 104 Å². The monoisotopic (exact) mass is 288 g/mol. The third-order valence-electron chi connectivity index (χ3n) is 2.17. The summed E-state index contributed by atoms with van der Waals surface area (Å²) in [6.45, 7) is 7.23. The maximum atomic E-state index is 11.6. The largest absolute Gasteiger partial charge is 0.381 e. The van der Waals surface area contributed by atoms with Crippen LogP contribution in [0.2, 0.25) is 0 Å². The van der Waals surface area contributed by atoms with Gasteiger partial charge in [-0.3, -0.25) is 4.79 Å². The maximum Gasteiger partial charge on any atom is 0.265 e. The van der Waals surface area contributed by atoms with Gasteiger partial charge in [-0.25, -0.2) is 4.98 Å². The van der Waals surface area contributed by atoms with Gasteiger partial charge in [-0.1, -0.05) is 13.8 Å². The molecule has 0 fully saturated rings. The number of ether oxygens (including phenoxy) is 1. The lowest BCUT2D eigenvalue weighted by molar-refractivity contribution is 0.149. The molecule has 1 aromatic heterocycles. The number of nitrogens with zero attached hydrogens (tertiary/aromatic N) is 1. The summed E-state index contributed by atoms with van der Waals surface area (Å²) in [6, 6.07) is 0. The second kappa shape index (κ2) is 6.15. The summed E-state index contributed by atoms with van der Waals surface area (Å²) >= 11 is 3.26. The van der Waals surface area contributed by atoms with Gasteiger partial charge in [0.05, 0.1) is 12.3 Å². The van der Waals surface area contributed by atoms with Crippen molar-refractivity contribution in [3.63, 3.8) is 0 Å². The van der Waals surface area contributed by atoms with Gasteiger partial charge in [0.25, 0.3) is 5.56 Å². The van der Waals surface area contributed by atoms with E-state index in [0.717, 1.165) is 5.69 Å². The number of hydrogen-bond acceptors (Lipinski definition) is 3. The lowest BCUT2D eigenvalue weighted by atomic mass is 10.1. The SMILES string of the molecule is CCOCCc1nc(C(C)C)c(Br)c(=O)[nH]1. The second-order valence-electron chi connectivity index (χ2n) is 3.81. The number of nitrogens with one attached hydrogen (secondary N) is 1. The zero-order valence-corrected chi connectivity index (χ0v) is 11.4. The van der Waals surface area contributed by atoms with Crippen molar-refractivity contribution < 1.29 is 4.74 Å². The molecule has 0 atom stereocenters. The quantitative estimate of drug-likeness (QED) is 0.846. The van der Waals surface area contributed by atoms with Gasteiger partial charge in [0.2, 0.25) is 0 Å². The third-order valence-corrected chi connectivity index (χ3v) is 2.94. The number of aromatic nitrogens is 2. The number of H-pyrrole nitrogens is 1. The van der Waals surface area contributed by atoms with Crippen molar-refractivity contribution in [1.82, 2.24) is 9.97 Å². The van der Waals surface area contributed by atoms with Crippen LogP contribution in [0.25, 0.3) is 0 Å². The molecule has 0 unspecified atom stereocenters. The molecule has 0 aromatic carbocycles. The molecule has 0 amide bonds. The molecule has 0 aliphatic heterocycles. The first-order valence-corrected chi connectivity index (χ1v) is 6.21. The molecule has 0 bridgehead atoms. The van der Waals surface area contributed by atoms with E-state index in [1.165, 1.54) is 0 Å². The van der Waals surface area contributed by atoms with Crippen molar-refractivity contribution >= 4 is 15.9 Å². The van der Waals surface area contributed by atoms with Crippen LogP contribution in [0.1, 0.15) is 38.2 Å². The molecule has 1 heterocycles. The van der Waals surface area contributed by atoms with E-state index in [1.807, 2.05) is 20.8 Å². The van der Waals surface area contributed by atoms with Crippen LogP contribution in [0, 0.1) is 0 Å². The fourth-order valence-electron chi connectivity index (χ4n) is 1.34. The minimum atomic E-state index is -0.120. The first-order valence-electron chi connectivity index (χ1n) is 5.42. The highest BCUT2D eigenvalue weighted by Gasteiger charge is 2.11. The number of rotatable bonds is 5. The Balaban J connectivity index is 2.91. The summed E-state index contributed by atoms with van der Waals surface area (Å²) in [4.78, 5) is 18.8. The average molecular weight is 289 g/mol. The van der Waals surface area contributed by atoms with E-state index in [4.69, 9.17) is 4.74 Å².